The molecule has 0 aliphatic carbocycles. The molecule has 1 aromatic carbocycles. The number of nitro benzene ring substituents is 1. The Balaban J connectivity index is 2.28. The van der Waals surface area contributed by atoms with Gasteiger partial charge in [0.2, 0.25) is 0 Å². The molecule has 0 N–H and O–H groups in total. The van der Waals surface area contributed by atoms with Crippen LogP contribution < -0.4 is 4.74 Å². The summed E-state index contributed by atoms with van der Waals surface area (Å²) in [5.41, 5.74) is 0.894. The van der Waals surface area contributed by atoms with E-state index in [-0.39, 0.29) is 11.7 Å². The van der Waals surface area contributed by atoms with E-state index in [1.54, 1.807) is 13.0 Å². The van der Waals surface area contributed by atoms with Crippen LogP contribution in [0.1, 0.15) is 38.2 Å². The van der Waals surface area contributed by atoms with Crippen LogP contribution in [0, 0.1) is 17.0 Å². The Morgan fingerprint density at radius 2 is 2.05 bits per heavy atom. The van der Waals surface area contributed by atoms with Crippen molar-refractivity contribution in [3.8, 4) is 5.75 Å². The number of unbranched alkanes of at least 4 members (excludes halogenated alkanes) is 2. The molecule has 0 saturated heterocycles. The maximum absolute atomic E-state index is 11.1. The average Bonchev–Trinajstić information content (AvgIpc) is 2.44. The Morgan fingerprint density at radius 1 is 1.29 bits per heavy atom. The number of ether oxygens (including phenoxy) is 2. The molecule has 0 saturated carbocycles. The minimum absolute atomic E-state index is 0.0258. The van der Waals surface area contributed by atoms with Crippen molar-refractivity contribution in [2.24, 2.45) is 0 Å². The van der Waals surface area contributed by atoms with Gasteiger partial charge in [0.15, 0.2) is 0 Å². The molecule has 0 aliphatic heterocycles. The van der Waals surface area contributed by atoms with Crippen LogP contribution in [0.3, 0.4) is 0 Å². The molecule has 0 atom stereocenters. The zero-order valence-electron chi connectivity index (χ0n) is 12.5. The summed E-state index contributed by atoms with van der Waals surface area (Å²) < 4.78 is 10.4. The fourth-order valence-corrected chi connectivity index (χ4v) is 1.82. The van der Waals surface area contributed by atoms with Crippen molar-refractivity contribution in [1.82, 2.24) is 0 Å². The van der Waals surface area contributed by atoms with Crippen LogP contribution >= 0.6 is 0 Å². The third-order valence-electron chi connectivity index (χ3n) is 2.97. The molecule has 0 fully saturated rings. The van der Waals surface area contributed by atoms with Gasteiger partial charge in [0.1, 0.15) is 5.75 Å². The van der Waals surface area contributed by atoms with Crippen LogP contribution in [-0.4, -0.2) is 24.1 Å². The highest BCUT2D eigenvalue weighted by atomic mass is 16.6. The molecule has 116 valence electrons. The van der Waals surface area contributed by atoms with Gasteiger partial charge in [-0.3, -0.25) is 14.9 Å². The maximum atomic E-state index is 11.1. The molecule has 1 rings (SSSR count). The van der Waals surface area contributed by atoms with E-state index < -0.39 is 4.92 Å². The van der Waals surface area contributed by atoms with Crippen molar-refractivity contribution in [2.45, 2.75) is 39.5 Å². The SMILES string of the molecule is CCOC(=O)CCCCCOc1cc([N+](=O)[O-])ccc1C. The molecule has 0 aliphatic rings. The van der Waals surface area contributed by atoms with Gasteiger partial charge >= 0.3 is 5.97 Å². The monoisotopic (exact) mass is 295 g/mol. The van der Waals surface area contributed by atoms with Crippen LogP contribution in [0.2, 0.25) is 0 Å². The number of carbonyl (C=O) groups is 1. The van der Waals surface area contributed by atoms with Crippen molar-refractivity contribution in [3.63, 3.8) is 0 Å². The van der Waals surface area contributed by atoms with Crippen LogP contribution in [0.5, 0.6) is 5.75 Å². The van der Waals surface area contributed by atoms with Crippen LogP contribution in [-0.2, 0) is 9.53 Å². The molecule has 0 heterocycles. The van der Waals surface area contributed by atoms with E-state index in [1.165, 1.54) is 12.1 Å². The first-order chi connectivity index (χ1) is 10.0. The lowest BCUT2D eigenvalue weighted by Gasteiger charge is -2.08. The lowest BCUT2D eigenvalue weighted by molar-refractivity contribution is -0.384. The quantitative estimate of drug-likeness (QED) is 0.302. The first kappa shape index (κ1) is 16.9. The number of hydrogen-bond acceptors (Lipinski definition) is 5. The van der Waals surface area contributed by atoms with Crippen LogP contribution in [0.25, 0.3) is 0 Å². The number of rotatable bonds is 9. The fourth-order valence-electron chi connectivity index (χ4n) is 1.82. The van der Waals surface area contributed by atoms with Crippen LogP contribution in [0.4, 0.5) is 5.69 Å². The Morgan fingerprint density at radius 3 is 2.71 bits per heavy atom. The molecule has 0 amide bonds. The Labute approximate surface area is 124 Å². The zero-order valence-corrected chi connectivity index (χ0v) is 12.5. The van der Waals surface area contributed by atoms with E-state index >= 15 is 0 Å². The summed E-state index contributed by atoms with van der Waals surface area (Å²) in [5, 5.41) is 10.7. The van der Waals surface area contributed by atoms with Gasteiger partial charge in [0, 0.05) is 12.5 Å². The first-order valence-electron chi connectivity index (χ1n) is 7.08. The molecular weight excluding hydrogens is 274 g/mol. The summed E-state index contributed by atoms with van der Waals surface area (Å²) in [6, 6.07) is 4.57. The van der Waals surface area contributed by atoms with Gasteiger partial charge in [-0.25, -0.2) is 0 Å². The molecule has 6 nitrogen and oxygen atoms in total. The third-order valence-corrected chi connectivity index (χ3v) is 2.97. The van der Waals surface area contributed by atoms with Gasteiger partial charge in [-0.2, -0.15) is 0 Å². The van der Waals surface area contributed by atoms with Gasteiger partial charge in [-0.1, -0.05) is 0 Å². The third kappa shape index (κ3) is 6.25. The van der Waals surface area contributed by atoms with Crippen molar-refractivity contribution >= 4 is 11.7 Å². The van der Waals surface area contributed by atoms with Gasteiger partial charge < -0.3 is 9.47 Å². The number of non-ortho nitro benzene ring substituents is 1. The first-order valence-corrected chi connectivity index (χ1v) is 7.08. The summed E-state index contributed by atoms with van der Waals surface area (Å²) >= 11 is 0. The smallest absolute Gasteiger partial charge is 0.305 e. The number of hydrogen-bond donors (Lipinski definition) is 0. The number of carbonyl (C=O) groups excluding carboxylic acids is 1. The highest BCUT2D eigenvalue weighted by Gasteiger charge is 2.09. The minimum atomic E-state index is -0.439. The molecule has 0 unspecified atom stereocenters. The minimum Gasteiger partial charge on any atom is -0.493 e. The van der Waals surface area contributed by atoms with E-state index in [9.17, 15) is 14.9 Å². The summed E-state index contributed by atoms with van der Waals surface area (Å²) in [6.45, 7) is 4.52. The second-order valence-electron chi connectivity index (χ2n) is 4.67. The lowest BCUT2D eigenvalue weighted by Crippen LogP contribution is -2.04. The van der Waals surface area contributed by atoms with Gasteiger partial charge in [-0.05, 0) is 44.7 Å². The Hall–Kier alpha value is -2.11. The fraction of sp³-hybridized carbons (Fsp3) is 0.533. The molecular formula is C15H21NO5. The van der Waals surface area contributed by atoms with E-state index in [0.29, 0.717) is 25.4 Å². The molecule has 0 bridgehead atoms. The highest BCUT2D eigenvalue weighted by molar-refractivity contribution is 5.69. The summed E-state index contributed by atoms with van der Waals surface area (Å²) in [6.07, 6.45) is 2.83. The average molecular weight is 295 g/mol. The molecule has 1 aromatic rings. The normalized spacial score (nSPS) is 10.2. The van der Waals surface area contributed by atoms with E-state index in [1.807, 2.05) is 6.92 Å². The number of esters is 1. The summed E-state index contributed by atoms with van der Waals surface area (Å²) in [7, 11) is 0. The van der Waals surface area contributed by atoms with E-state index in [0.717, 1.165) is 24.8 Å². The predicted octanol–water partition coefficient (Wildman–Crippen LogP) is 3.41. The van der Waals surface area contributed by atoms with Crippen molar-refractivity contribution in [1.29, 1.82) is 0 Å². The largest absolute Gasteiger partial charge is 0.493 e. The Kier molecular flexibility index (Phi) is 7.21. The molecule has 0 radical (unpaired) electrons. The Bertz CT molecular complexity index is 487. The number of nitro groups is 1. The number of aryl methyl sites for hydroxylation is 1. The second kappa shape index (κ2) is 8.94. The van der Waals surface area contributed by atoms with Crippen molar-refractivity contribution in [3.05, 3.63) is 33.9 Å². The van der Waals surface area contributed by atoms with Crippen molar-refractivity contribution in [2.75, 3.05) is 13.2 Å². The van der Waals surface area contributed by atoms with E-state index in [2.05, 4.69) is 0 Å². The summed E-state index contributed by atoms with van der Waals surface area (Å²) in [4.78, 5) is 21.4. The molecule has 0 aromatic heterocycles. The number of nitrogens with zero attached hydrogens (tertiary/aromatic N) is 1. The van der Waals surface area contributed by atoms with Gasteiger partial charge in [0.25, 0.3) is 5.69 Å². The zero-order chi connectivity index (χ0) is 15.7. The van der Waals surface area contributed by atoms with Crippen LogP contribution in [0.15, 0.2) is 18.2 Å². The maximum Gasteiger partial charge on any atom is 0.305 e. The molecule has 0 spiro atoms. The lowest BCUT2D eigenvalue weighted by atomic mass is 10.2. The topological polar surface area (TPSA) is 78.7 Å². The van der Waals surface area contributed by atoms with Gasteiger partial charge in [0.05, 0.1) is 24.2 Å². The standard InChI is InChI=1S/C15H21NO5/c1-3-20-15(17)7-5-4-6-10-21-14-11-13(16(18)19)9-8-12(14)2/h8-9,11H,3-7,10H2,1-2H3. The van der Waals surface area contributed by atoms with Gasteiger partial charge in [-0.15, -0.1) is 0 Å². The highest BCUT2D eigenvalue weighted by Crippen LogP contribution is 2.24. The second-order valence-corrected chi connectivity index (χ2v) is 4.67. The van der Waals surface area contributed by atoms with E-state index in [4.69, 9.17) is 9.47 Å². The molecule has 21 heavy (non-hydrogen) atoms. The van der Waals surface area contributed by atoms with Crippen molar-refractivity contribution < 1.29 is 19.2 Å². The number of benzene rings is 1. The summed E-state index contributed by atoms with van der Waals surface area (Å²) in [5.74, 6) is 0.363. The molecule has 6 heteroatoms. The predicted molar refractivity (Wildman–Crippen MR) is 78.4 cm³/mol.